The first-order valence-electron chi connectivity index (χ1n) is 6.47. The molecular formula is C13H28N2O2. The van der Waals surface area contributed by atoms with E-state index in [1.807, 2.05) is 13.8 Å². The summed E-state index contributed by atoms with van der Waals surface area (Å²) in [6, 6.07) is 0. The number of ether oxygens (including phenoxy) is 1. The van der Waals surface area contributed by atoms with Crippen LogP contribution < -0.4 is 10.6 Å². The Bertz CT molecular complexity index is 215. The second-order valence-corrected chi connectivity index (χ2v) is 5.43. The number of carbonyl (C=O) groups is 1. The molecule has 0 bridgehead atoms. The number of hydrogen-bond acceptors (Lipinski definition) is 3. The predicted octanol–water partition coefficient (Wildman–Crippen LogP) is 1.55. The topological polar surface area (TPSA) is 50.4 Å². The van der Waals surface area contributed by atoms with Crippen molar-refractivity contribution < 1.29 is 9.53 Å². The minimum Gasteiger partial charge on any atom is -0.380 e. The zero-order valence-corrected chi connectivity index (χ0v) is 11.9. The van der Waals surface area contributed by atoms with Gasteiger partial charge in [0.05, 0.1) is 13.2 Å². The van der Waals surface area contributed by atoms with Gasteiger partial charge in [-0.15, -0.1) is 0 Å². The first kappa shape index (κ1) is 16.4. The minimum atomic E-state index is -0.118. The van der Waals surface area contributed by atoms with Crippen molar-refractivity contribution in [3.63, 3.8) is 0 Å². The van der Waals surface area contributed by atoms with Crippen LogP contribution in [0.4, 0.5) is 0 Å². The van der Waals surface area contributed by atoms with Crippen LogP contribution >= 0.6 is 0 Å². The standard InChI is InChI=1S/C13H28N2O2/c1-6-13(4,5)15-12(16)9-14-7-8-17-10-11(2)3/h11,14H,6-10H2,1-5H3,(H,15,16). The van der Waals surface area contributed by atoms with Crippen LogP contribution in [0.1, 0.15) is 41.0 Å². The van der Waals surface area contributed by atoms with E-state index in [9.17, 15) is 4.79 Å². The van der Waals surface area contributed by atoms with Crippen molar-refractivity contribution in [1.29, 1.82) is 0 Å². The van der Waals surface area contributed by atoms with E-state index in [2.05, 4.69) is 31.4 Å². The molecule has 0 aromatic rings. The summed E-state index contributed by atoms with van der Waals surface area (Å²) in [5.74, 6) is 0.601. The second-order valence-electron chi connectivity index (χ2n) is 5.43. The number of hydrogen-bond donors (Lipinski definition) is 2. The Hall–Kier alpha value is -0.610. The molecule has 0 saturated carbocycles. The molecule has 0 atom stereocenters. The fourth-order valence-corrected chi connectivity index (χ4v) is 1.18. The lowest BCUT2D eigenvalue weighted by atomic mass is 10.0. The summed E-state index contributed by atoms with van der Waals surface area (Å²) in [5.41, 5.74) is -0.118. The van der Waals surface area contributed by atoms with Gasteiger partial charge in [-0.3, -0.25) is 4.79 Å². The van der Waals surface area contributed by atoms with E-state index in [0.29, 0.717) is 25.6 Å². The van der Waals surface area contributed by atoms with Gasteiger partial charge in [-0.25, -0.2) is 0 Å². The van der Waals surface area contributed by atoms with Gasteiger partial charge in [-0.2, -0.15) is 0 Å². The van der Waals surface area contributed by atoms with Gasteiger partial charge in [0, 0.05) is 18.7 Å². The molecule has 4 heteroatoms. The first-order chi connectivity index (χ1) is 7.87. The zero-order chi connectivity index (χ0) is 13.3. The summed E-state index contributed by atoms with van der Waals surface area (Å²) in [6.07, 6.45) is 0.927. The Morgan fingerprint density at radius 1 is 1.35 bits per heavy atom. The molecule has 0 fully saturated rings. The van der Waals surface area contributed by atoms with Crippen molar-refractivity contribution in [1.82, 2.24) is 10.6 Å². The number of rotatable bonds is 9. The van der Waals surface area contributed by atoms with E-state index in [0.717, 1.165) is 13.0 Å². The van der Waals surface area contributed by atoms with Gasteiger partial charge in [0.2, 0.25) is 5.91 Å². The highest BCUT2D eigenvalue weighted by atomic mass is 16.5. The van der Waals surface area contributed by atoms with Crippen LogP contribution in [0.25, 0.3) is 0 Å². The lowest BCUT2D eigenvalue weighted by molar-refractivity contribution is -0.121. The summed E-state index contributed by atoms with van der Waals surface area (Å²) in [7, 11) is 0. The van der Waals surface area contributed by atoms with Gasteiger partial charge < -0.3 is 15.4 Å². The fourth-order valence-electron chi connectivity index (χ4n) is 1.18. The predicted molar refractivity (Wildman–Crippen MR) is 71.0 cm³/mol. The van der Waals surface area contributed by atoms with Crippen LogP contribution in [0.5, 0.6) is 0 Å². The third-order valence-corrected chi connectivity index (χ3v) is 2.52. The summed E-state index contributed by atoms with van der Waals surface area (Å²) < 4.78 is 5.40. The summed E-state index contributed by atoms with van der Waals surface area (Å²) >= 11 is 0. The molecule has 0 radical (unpaired) electrons. The Labute approximate surface area is 105 Å². The van der Waals surface area contributed by atoms with Crippen LogP contribution in [-0.2, 0) is 9.53 Å². The summed E-state index contributed by atoms with van der Waals surface area (Å²) in [5, 5.41) is 6.04. The molecule has 0 saturated heterocycles. The molecule has 0 aliphatic heterocycles. The Kier molecular flexibility index (Phi) is 8.17. The van der Waals surface area contributed by atoms with Crippen molar-refractivity contribution in [3.05, 3.63) is 0 Å². The van der Waals surface area contributed by atoms with Crippen LogP contribution in [0.15, 0.2) is 0 Å². The lowest BCUT2D eigenvalue weighted by Crippen LogP contribution is -2.46. The summed E-state index contributed by atoms with van der Waals surface area (Å²) in [4.78, 5) is 11.5. The Morgan fingerprint density at radius 2 is 2.00 bits per heavy atom. The number of nitrogens with one attached hydrogen (secondary N) is 2. The van der Waals surface area contributed by atoms with Crippen molar-refractivity contribution in [2.75, 3.05) is 26.3 Å². The van der Waals surface area contributed by atoms with Crippen molar-refractivity contribution in [3.8, 4) is 0 Å². The molecule has 4 nitrogen and oxygen atoms in total. The van der Waals surface area contributed by atoms with Crippen LogP contribution in [0.3, 0.4) is 0 Å². The Morgan fingerprint density at radius 3 is 2.53 bits per heavy atom. The Balaban J connectivity index is 3.46. The van der Waals surface area contributed by atoms with E-state index in [1.54, 1.807) is 0 Å². The molecule has 102 valence electrons. The van der Waals surface area contributed by atoms with E-state index in [1.165, 1.54) is 0 Å². The number of amides is 1. The first-order valence-corrected chi connectivity index (χ1v) is 6.47. The molecule has 17 heavy (non-hydrogen) atoms. The van der Waals surface area contributed by atoms with E-state index < -0.39 is 0 Å². The molecule has 0 heterocycles. The van der Waals surface area contributed by atoms with Gasteiger partial charge in [0.25, 0.3) is 0 Å². The van der Waals surface area contributed by atoms with E-state index in [4.69, 9.17) is 4.74 Å². The average Bonchev–Trinajstić information content (AvgIpc) is 2.22. The monoisotopic (exact) mass is 244 g/mol. The van der Waals surface area contributed by atoms with Crippen molar-refractivity contribution >= 4 is 5.91 Å². The maximum absolute atomic E-state index is 11.5. The van der Waals surface area contributed by atoms with Gasteiger partial charge >= 0.3 is 0 Å². The fraction of sp³-hybridized carbons (Fsp3) is 0.923. The van der Waals surface area contributed by atoms with Crippen LogP contribution in [-0.4, -0.2) is 37.7 Å². The molecule has 0 spiro atoms. The molecule has 0 unspecified atom stereocenters. The minimum absolute atomic E-state index is 0.0423. The highest BCUT2D eigenvalue weighted by molar-refractivity contribution is 5.78. The maximum Gasteiger partial charge on any atom is 0.234 e. The van der Waals surface area contributed by atoms with Gasteiger partial charge in [-0.1, -0.05) is 20.8 Å². The van der Waals surface area contributed by atoms with Gasteiger partial charge in [0.1, 0.15) is 0 Å². The molecule has 0 aliphatic carbocycles. The quantitative estimate of drug-likeness (QED) is 0.605. The summed E-state index contributed by atoms with van der Waals surface area (Å²) in [6.45, 7) is 12.8. The van der Waals surface area contributed by atoms with E-state index in [-0.39, 0.29) is 11.4 Å². The van der Waals surface area contributed by atoms with Gasteiger partial charge in [0.15, 0.2) is 0 Å². The van der Waals surface area contributed by atoms with Gasteiger partial charge in [-0.05, 0) is 26.2 Å². The molecule has 0 rings (SSSR count). The highest BCUT2D eigenvalue weighted by Gasteiger charge is 2.16. The molecule has 1 amide bonds. The maximum atomic E-state index is 11.5. The van der Waals surface area contributed by atoms with Crippen LogP contribution in [0, 0.1) is 5.92 Å². The smallest absolute Gasteiger partial charge is 0.234 e. The van der Waals surface area contributed by atoms with Crippen molar-refractivity contribution in [2.45, 2.75) is 46.6 Å². The van der Waals surface area contributed by atoms with Crippen molar-refractivity contribution in [2.24, 2.45) is 5.92 Å². The molecule has 0 aromatic heterocycles. The molecule has 0 aromatic carbocycles. The SMILES string of the molecule is CCC(C)(C)NC(=O)CNCCOCC(C)C. The zero-order valence-electron chi connectivity index (χ0n) is 11.9. The second kappa shape index (κ2) is 8.48. The average molecular weight is 244 g/mol. The van der Waals surface area contributed by atoms with Crippen LogP contribution in [0.2, 0.25) is 0 Å². The molecule has 0 aliphatic rings. The lowest BCUT2D eigenvalue weighted by Gasteiger charge is -2.24. The third kappa shape index (κ3) is 10.3. The number of carbonyl (C=O) groups excluding carboxylic acids is 1. The normalized spacial score (nSPS) is 11.9. The van der Waals surface area contributed by atoms with E-state index >= 15 is 0 Å². The molecule has 2 N–H and O–H groups in total. The highest BCUT2D eigenvalue weighted by Crippen LogP contribution is 2.05. The molecular weight excluding hydrogens is 216 g/mol. The third-order valence-electron chi connectivity index (χ3n) is 2.52. The largest absolute Gasteiger partial charge is 0.380 e.